The van der Waals surface area contributed by atoms with Gasteiger partial charge < -0.3 is 21.1 Å². The van der Waals surface area contributed by atoms with E-state index in [1.54, 1.807) is 0 Å². The van der Waals surface area contributed by atoms with Crippen molar-refractivity contribution in [2.24, 2.45) is 0 Å². The Balaban J connectivity index is 1.68. The van der Waals surface area contributed by atoms with Gasteiger partial charge in [0.2, 0.25) is 17.6 Å². The minimum atomic E-state index is -0.569. The van der Waals surface area contributed by atoms with Gasteiger partial charge in [0.1, 0.15) is 0 Å². The number of ether oxygens (including phenoxy) is 1. The molecule has 9 nitrogen and oxygen atoms in total. The Labute approximate surface area is 151 Å². The molecule has 1 saturated heterocycles. The predicted octanol–water partition coefficient (Wildman–Crippen LogP) is 2.21. The monoisotopic (exact) mass is 358 g/mol. The number of rotatable bonds is 8. The van der Waals surface area contributed by atoms with Gasteiger partial charge in [-0.15, -0.1) is 0 Å². The molecule has 0 radical (unpaired) electrons. The third kappa shape index (κ3) is 4.57. The van der Waals surface area contributed by atoms with Gasteiger partial charge in [-0.3, -0.25) is 10.1 Å². The maximum atomic E-state index is 11.3. The van der Waals surface area contributed by atoms with E-state index in [4.69, 9.17) is 10.5 Å². The summed E-state index contributed by atoms with van der Waals surface area (Å²) in [5, 5.41) is 17.4. The standard InChI is InChI=1S/C17H22N6O3/c18-15-14(23(24)25)16(20-11-13-7-4-10-26-13)22-17(21-15)19-9-8-12-5-2-1-3-6-12/h1-3,5-6,13H,4,7-11H2,(H4,18,19,20,21,22)/t13-/m0/s1. The van der Waals surface area contributed by atoms with Crippen molar-refractivity contribution in [3.05, 3.63) is 46.0 Å². The Hall–Kier alpha value is -2.94. The molecule has 1 aliphatic rings. The topological polar surface area (TPSA) is 128 Å². The van der Waals surface area contributed by atoms with E-state index in [-0.39, 0.29) is 29.4 Å². The fraction of sp³-hybridized carbons (Fsp3) is 0.412. The number of nitrogens with one attached hydrogen (secondary N) is 2. The molecule has 9 heteroatoms. The van der Waals surface area contributed by atoms with Gasteiger partial charge in [-0.05, 0) is 24.8 Å². The van der Waals surface area contributed by atoms with Crippen LogP contribution in [0.5, 0.6) is 0 Å². The number of nitrogens with two attached hydrogens (primary N) is 1. The average Bonchev–Trinajstić information content (AvgIpc) is 3.14. The smallest absolute Gasteiger partial charge is 0.353 e. The molecule has 0 amide bonds. The highest BCUT2D eigenvalue weighted by molar-refractivity contribution is 5.69. The minimum Gasteiger partial charge on any atom is -0.378 e. The largest absolute Gasteiger partial charge is 0.378 e. The van der Waals surface area contributed by atoms with Crippen LogP contribution in [0.15, 0.2) is 30.3 Å². The first-order chi connectivity index (χ1) is 12.6. The SMILES string of the molecule is Nc1nc(NCCc2ccccc2)nc(NC[C@@H]2CCCO2)c1[N+](=O)[O-]. The fourth-order valence-corrected chi connectivity index (χ4v) is 2.83. The number of anilines is 3. The molecule has 1 aromatic carbocycles. The summed E-state index contributed by atoms with van der Waals surface area (Å²) in [5.41, 5.74) is 6.65. The van der Waals surface area contributed by atoms with Crippen LogP contribution in [0.3, 0.4) is 0 Å². The van der Waals surface area contributed by atoms with E-state index >= 15 is 0 Å². The quantitative estimate of drug-likeness (QED) is 0.484. The lowest BCUT2D eigenvalue weighted by Gasteiger charge is -2.13. The van der Waals surface area contributed by atoms with Crippen LogP contribution in [0.1, 0.15) is 18.4 Å². The lowest BCUT2D eigenvalue weighted by atomic mass is 10.1. The van der Waals surface area contributed by atoms with E-state index in [0.717, 1.165) is 19.3 Å². The van der Waals surface area contributed by atoms with E-state index in [1.807, 2.05) is 30.3 Å². The van der Waals surface area contributed by atoms with Gasteiger partial charge in [0.15, 0.2) is 0 Å². The van der Waals surface area contributed by atoms with Crippen molar-refractivity contribution < 1.29 is 9.66 Å². The zero-order valence-corrected chi connectivity index (χ0v) is 14.4. The summed E-state index contributed by atoms with van der Waals surface area (Å²) in [6.45, 7) is 1.75. The van der Waals surface area contributed by atoms with Crippen molar-refractivity contribution in [1.29, 1.82) is 0 Å². The van der Waals surface area contributed by atoms with Gasteiger partial charge in [0.25, 0.3) is 0 Å². The van der Waals surface area contributed by atoms with Crippen LogP contribution in [0.4, 0.5) is 23.3 Å². The van der Waals surface area contributed by atoms with Crippen LogP contribution in [0.2, 0.25) is 0 Å². The first kappa shape index (κ1) is 17.9. The van der Waals surface area contributed by atoms with Gasteiger partial charge in [-0.1, -0.05) is 30.3 Å². The molecule has 1 aromatic heterocycles. The van der Waals surface area contributed by atoms with Crippen LogP contribution >= 0.6 is 0 Å². The fourth-order valence-electron chi connectivity index (χ4n) is 2.83. The van der Waals surface area contributed by atoms with Gasteiger partial charge in [-0.25, -0.2) is 0 Å². The number of aromatic nitrogens is 2. The summed E-state index contributed by atoms with van der Waals surface area (Å²) in [5.74, 6) is 0.209. The Morgan fingerprint density at radius 1 is 1.27 bits per heavy atom. The minimum absolute atomic E-state index is 0.0280. The molecular formula is C17H22N6O3. The summed E-state index contributed by atoms with van der Waals surface area (Å²) in [6.07, 6.45) is 2.72. The van der Waals surface area contributed by atoms with Gasteiger partial charge in [-0.2, -0.15) is 9.97 Å². The number of hydrogen-bond acceptors (Lipinski definition) is 8. The molecule has 26 heavy (non-hydrogen) atoms. The van der Waals surface area contributed by atoms with E-state index in [0.29, 0.717) is 19.7 Å². The molecule has 1 fully saturated rings. The first-order valence-corrected chi connectivity index (χ1v) is 8.58. The molecule has 0 spiro atoms. The summed E-state index contributed by atoms with van der Waals surface area (Å²) < 4.78 is 5.53. The number of nitro groups is 1. The Kier molecular flexibility index (Phi) is 5.80. The van der Waals surface area contributed by atoms with Crippen LogP contribution in [-0.2, 0) is 11.2 Å². The molecule has 0 bridgehead atoms. The highest BCUT2D eigenvalue weighted by Crippen LogP contribution is 2.29. The third-order valence-electron chi connectivity index (χ3n) is 4.15. The van der Waals surface area contributed by atoms with Gasteiger partial charge >= 0.3 is 5.69 Å². The Bertz CT molecular complexity index is 750. The number of nitrogen functional groups attached to an aromatic ring is 1. The van der Waals surface area contributed by atoms with Crippen molar-refractivity contribution in [2.45, 2.75) is 25.4 Å². The Morgan fingerprint density at radius 2 is 2.08 bits per heavy atom. The van der Waals surface area contributed by atoms with Crippen LogP contribution in [0.25, 0.3) is 0 Å². The van der Waals surface area contributed by atoms with Crippen molar-refractivity contribution in [1.82, 2.24) is 9.97 Å². The van der Waals surface area contributed by atoms with E-state index in [9.17, 15) is 10.1 Å². The highest BCUT2D eigenvalue weighted by Gasteiger charge is 2.24. The van der Waals surface area contributed by atoms with Gasteiger partial charge in [0, 0.05) is 19.7 Å². The van der Waals surface area contributed by atoms with Crippen molar-refractivity contribution in [3.63, 3.8) is 0 Å². The molecule has 4 N–H and O–H groups in total. The second-order valence-electron chi connectivity index (χ2n) is 6.07. The molecule has 138 valence electrons. The third-order valence-corrected chi connectivity index (χ3v) is 4.15. The second-order valence-corrected chi connectivity index (χ2v) is 6.07. The number of benzene rings is 1. The molecular weight excluding hydrogens is 336 g/mol. The van der Waals surface area contributed by atoms with Crippen LogP contribution in [-0.4, -0.2) is 40.7 Å². The summed E-state index contributed by atoms with van der Waals surface area (Å²) >= 11 is 0. The normalized spacial score (nSPS) is 16.4. The van der Waals surface area contributed by atoms with E-state index in [2.05, 4.69) is 20.6 Å². The maximum Gasteiger partial charge on any atom is 0.353 e. The molecule has 2 aromatic rings. The second kappa shape index (κ2) is 8.43. The molecule has 0 saturated carbocycles. The molecule has 1 aliphatic heterocycles. The maximum absolute atomic E-state index is 11.3. The lowest BCUT2D eigenvalue weighted by Crippen LogP contribution is -2.21. The number of nitrogens with zero attached hydrogens (tertiary/aromatic N) is 3. The van der Waals surface area contributed by atoms with Crippen LogP contribution < -0.4 is 16.4 Å². The predicted molar refractivity (Wildman–Crippen MR) is 99.2 cm³/mol. The van der Waals surface area contributed by atoms with Crippen LogP contribution in [0, 0.1) is 10.1 Å². The number of hydrogen-bond donors (Lipinski definition) is 3. The zero-order chi connectivity index (χ0) is 18.4. The molecule has 0 aliphatic carbocycles. The lowest BCUT2D eigenvalue weighted by molar-refractivity contribution is -0.383. The highest BCUT2D eigenvalue weighted by atomic mass is 16.6. The van der Waals surface area contributed by atoms with Crippen molar-refractivity contribution in [2.75, 3.05) is 36.1 Å². The molecule has 1 atom stereocenters. The van der Waals surface area contributed by atoms with E-state index in [1.165, 1.54) is 5.56 Å². The molecule has 0 unspecified atom stereocenters. The first-order valence-electron chi connectivity index (χ1n) is 8.58. The molecule has 2 heterocycles. The summed E-state index contributed by atoms with van der Waals surface area (Å²) in [6, 6.07) is 9.97. The van der Waals surface area contributed by atoms with Crippen molar-refractivity contribution in [3.8, 4) is 0 Å². The zero-order valence-electron chi connectivity index (χ0n) is 14.4. The summed E-state index contributed by atoms with van der Waals surface area (Å²) in [7, 11) is 0. The molecule has 3 rings (SSSR count). The average molecular weight is 358 g/mol. The summed E-state index contributed by atoms with van der Waals surface area (Å²) in [4.78, 5) is 19.0. The van der Waals surface area contributed by atoms with E-state index < -0.39 is 4.92 Å². The Morgan fingerprint density at radius 3 is 2.77 bits per heavy atom. The van der Waals surface area contributed by atoms with Gasteiger partial charge in [0.05, 0.1) is 11.0 Å². The van der Waals surface area contributed by atoms with Crippen molar-refractivity contribution >= 4 is 23.3 Å².